The van der Waals surface area contributed by atoms with Crippen LogP contribution in [0.25, 0.3) is 0 Å². The highest BCUT2D eigenvalue weighted by Crippen LogP contribution is 2.63. The minimum Gasteiger partial charge on any atom is -0.481 e. The molecule has 2 aliphatic carbocycles. The van der Waals surface area contributed by atoms with Gasteiger partial charge in [-0.05, 0) is 246 Å². The highest BCUT2D eigenvalue weighted by Gasteiger charge is 2.59. The van der Waals surface area contributed by atoms with Crippen LogP contribution in [0.5, 0.6) is 0 Å². The molecule has 0 saturated heterocycles. The largest absolute Gasteiger partial charge is 0.481 e. The molecule has 2 bridgehead atoms. The lowest BCUT2D eigenvalue weighted by Gasteiger charge is -2.59. The molecule has 0 amide bonds. The van der Waals surface area contributed by atoms with Crippen molar-refractivity contribution < 1.29 is 78.1 Å². The van der Waals surface area contributed by atoms with Crippen molar-refractivity contribution >= 4 is 98.0 Å². The lowest BCUT2D eigenvalue weighted by Crippen LogP contribution is -2.55. The van der Waals surface area contributed by atoms with Gasteiger partial charge in [-0.2, -0.15) is 12.6 Å². The third kappa shape index (κ3) is 241. The second-order valence-electron chi connectivity index (χ2n) is 20.3. The fourth-order valence-electron chi connectivity index (χ4n) is 8.39. The summed E-state index contributed by atoms with van der Waals surface area (Å²) in [5.41, 5.74) is 70.5. The Bertz CT molecular complexity index is 1720. The molecule has 0 spiro atoms. The molecule has 2 saturated carbocycles. The van der Waals surface area contributed by atoms with Crippen molar-refractivity contribution in [1.29, 1.82) is 0 Å². The van der Waals surface area contributed by atoms with Gasteiger partial charge < -0.3 is 131 Å². The fraction of sp³-hybridized carbons (Fsp3) is 0.927. The molecule has 0 aliphatic heterocycles. The summed E-state index contributed by atoms with van der Waals surface area (Å²) < 4.78 is 13.0. The summed E-state index contributed by atoms with van der Waals surface area (Å²) in [4.78, 5) is 84.4. The van der Waals surface area contributed by atoms with Crippen LogP contribution in [0.4, 0.5) is 0 Å². The predicted molar refractivity (Wildman–Crippen MR) is 695 cm³/mol. The third-order valence-electron chi connectivity index (χ3n) is 15.1. The van der Waals surface area contributed by atoms with Crippen LogP contribution in [0.1, 0.15) is 492 Å². The van der Waals surface area contributed by atoms with E-state index in [1.54, 1.807) is 53.3 Å². The maximum absolute atomic E-state index is 11.7. The van der Waals surface area contributed by atoms with E-state index in [-0.39, 0.29) is 27.6 Å². The van der Waals surface area contributed by atoms with Gasteiger partial charge in [0, 0.05) is 6.42 Å². The van der Waals surface area contributed by atoms with Crippen LogP contribution >= 0.6 is 48.8 Å². The van der Waals surface area contributed by atoms with Crippen LogP contribution in [0, 0.1) is 39.9 Å². The Balaban J connectivity index is -0.0000000208. The van der Waals surface area contributed by atoms with Crippen molar-refractivity contribution in [2.45, 2.75) is 517 Å². The highest BCUT2D eigenvalue weighted by molar-refractivity contribution is 8.01. The molecule has 12 unspecified atom stereocenters. The van der Waals surface area contributed by atoms with Crippen molar-refractivity contribution in [3.05, 3.63) is 0 Å². The van der Waals surface area contributed by atoms with Crippen molar-refractivity contribution in [3.63, 3.8) is 0 Å². The molecule has 942 valence electrons. The first-order chi connectivity index (χ1) is 69.9. The minimum atomic E-state index is -0.858. The number of nitrogens with two attached hydrogens (primary N) is 16. The Hall–Kier alpha value is -3.48. The van der Waals surface area contributed by atoms with Crippen LogP contribution < -0.4 is 91.7 Å². The summed E-state index contributed by atoms with van der Waals surface area (Å²) in [6, 6.07) is 0. The van der Waals surface area contributed by atoms with E-state index in [9.17, 15) is 48.6 Å². The molecule has 37 N–H and O–H groups in total. The molecule has 2 fully saturated rings. The SMILES string of the molecule is CC.CC.CC.CC.CC.CC.CC.CC.CC.CC.CC.CC.CC.CC.CC.CC.CC.CC.CC.CC.CC.CCC(C)(CC(C)(CC)C(=O)O)OC=O.CCC(C)(S)C(=O)O.CCC(C)(S)OC=O.CCC1(C)CC(C)(CC)C2CC1C(C(=O)O)CC2C(=O)O.CCSC(C)(CC)C(=O)O.CCSC(C)(CC)OC=O.CN.CN.CN.CN.CN.CN.CN.CN.CN.CN.CN.CN.CN.CN.CN.CN. The fourth-order valence-corrected chi connectivity index (χ4v) is 10.3. The van der Waals surface area contributed by atoms with Gasteiger partial charge in [0.15, 0.2) is 9.87 Å². The van der Waals surface area contributed by atoms with Crippen molar-refractivity contribution in [1.82, 2.24) is 0 Å². The second kappa shape index (κ2) is 320. The van der Waals surface area contributed by atoms with Gasteiger partial charge in [-0.1, -0.05) is 387 Å². The van der Waals surface area contributed by atoms with Crippen LogP contribution in [-0.4, -0.2) is 224 Å². The maximum atomic E-state index is 11.7. The van der Waals surface area contributed by atoms with E-state index >= 15 is 0 Å². The van der Waals surface area contributed by atoms with Crippen molar-refractivity contribution in [2.24, 2.45) is 132 Å². The van der Waals surface area contributed by atoms with Crippen LogP contribution in [-0.2, 0) is 52.6 Å². The standard InChI is InChI=1S/C17H28O4.C11H20O4.2C7H14O2S.2C5H10O2S.21C2H6.16CH5N/c1-5-16(3)9-17(4,6-2)13-8-12(16)10(14(18)19)7-11(13)15(20)21;1-5-10(3,9(13)14)7-11(4,6-2)15-8-12;1-4-7(3,9-6-8)10-5-2;1-4-7(3,6(8)9)10-5-2;1-3-5(2,8)7-4-6;1-3-5(2,8)4(6)7;37*1-2/h10-13H,5-9H2,1-4H3,(H,18,19)(H,20,21);8H,5-7H2,1-4H3,(H,13,14);6H,4-5H2,1-3H3;4-5H2,1-3H3,(H,8,9);4,8H,3H2,1-2H3;8H,3H2,1-2H3,(H,6,7);21*1-2H3;16*2H2,1H3. The molecule has 146 heavy (non-hydrogen) atoms. The molecule has 36 heteroatoms. The zero-order valence-corrected chi connectivity index (χ0v) is 118. The summed E-state index contributed by atoms with van der Waals surface area (Å²) >= 11 is 11.0. The summed E-state index contributed by atoms with van der Waals surface area (Å²) in [5.74, 6) is -3.00. The molecule has 12 atom stereocenters. The van der Waals surface area contributed by atoms with Crippen molar-refractivity contribution in [3.8, 4) is 0 Å². The van der Waals surface area contributed by atoms with E-state index < -0.39 is 67.1 Å². The quantitative estimate of drug-likeness (QED) is 0.0175. The van der Waals surface area contributed by atoms with Gasteiger partial charge in [0.05, 0.1) is 17.3 Å². The van der Waals surface area contributed by atoms with Gasteiger partial charge in [0.2, 0.25) is 0 Å². The van der Waals surface area contributed by atoms with E-state index in [2.05, 4.69) is 149 Å². The van der Waals surface area contributed by atoms with Crippen LogP contribution in [0.2, 0.25) is 0 Å². The molecule has 0 aromatic carbocycles. The Morgan fingerprint density at radius 3 is 0.610 bits per heavy atom. The summed E-state index contributed by atoms with van der Waals surface area (Å²) in [6.07, 6.45) is 8.16. The number of thiol groups is 2. The van der Waals surface area contributed by atoms with Gasteiger partial charge in [-0.25, -0.2) is 0 Å². The van der Waals surface area contributed by atoms with Gasteiger partial charge in [-0.15, -0.1) is 36.2 Å². The molecule has 2 rings (SSSR count). The Morgan fingerprint density at radius 2 is 0.507 bits per heavy atom. The van der Waals surface area contributed by atoms with Gasteiger partial charge in [0.25, 0.3) is 19.4 Å². The number of carbonyl (C=O) groups excluding carboxylic acids is 3. The number of fused-ring (bicyclic) bond motifs is 2. The zero-order valence-electron chi connectivity index (χ0n) is 114. The molecular weight excluding hydrogens is 1930 g/mol. The van der Waals surface area contributed by atoms with Crippen LogP contribution in [0.3, 0.4) is 0 Å². The summed E-state index contributed by atoms with van der Waals surface area (Å²) in [5, 5.41) is 45.4. The molecule has 0 radical (unpaired) electrons. The molecular formula is C110H302N16O16S4. The average molecular weight is 2230 g/mol. The lowest BCUT2D eigenvalue weighted by molar-refractivity contribution is -0.173. The first kappa shape index (κ1) is 277. The third-order valence-corrected chi connectivity index (χ3v) is 18.7. The summed E-state index contributed by atoms with van der Waals surface area (Å²) in [7, 11) is 24.0. The number of aliphatic carboxylic acids is 5. The Labute approximate surface area is 943 Å². The van der Waals surface area contributed by atoms with E-state index in [4.69, 9.17) is 24.8 Å². The predicted octanol–water partition coefficient (Wildman–Crippen LogP) is 27.0. The van der Waals surface area contributed by atoms with E-state index in [0.29, 0.717) is 57.9 Å². The number of thioether (sulfide) groups is 2. The highest BCUT2D eigenvalue weighted by atomic mass is 32.2. The van der Waals surface area contributed by atoms with E-state index in [1.807, 2.05) is 346 Å². The number of hydrogen-bond acceptors (Lipinski definition) is 31. The first-order valence-corrected chi connectivity index (χ1v) is 58.2. The topological polar surface area (TPSA) is 682 Å². The normalized spacial score (nSPS) is 14.2. The zero-order chi connectivity index (χ0) is 132. The van der Waals surface area contributed by atoms with Crippen LogP contribution in [0.15, 0.2) is 0 Å². The smallest absolute Gasteiger partial charge is 0.319 e. The molecule has 0 aromatic rings. The number of carbonyl (C=O) groups is 8. The molecule has 2 aliphatic rings. The van der Waals surface area contributed by atoms with Gasteiger partial charge in [0.1, 0.15) is 15.1 Å². The maximum Gasteiger partial charge on any atom is 0.319 e. The monoisotopic (exact) mass is 2230 g/mol. The number of ether oxygens (including phenoxy) is 3. The Kier molecular flexibility index (Phi) is 606. The summed E-state index contributed by atoms with van der Waals surface area (Å²) in [6.45, 7) is 120. The first-order valence-electron chi connectivity index (χ1n) is 55.4. The molecule has 32 nitrogen and oxygen atoms in total. The molecule has 0 aromatic heterocycles. The average Bonchev–Trinajstić information content (AvgIpc) is 0.725. The molecule has 0 heterocycles. The lowest BCUT2D eigenvalue weighted by atomic mass is 9.44. The Morgan fingerprint density at radius 1 is 0.295 bits per heavy atom. The number of carboxylic acids is 5. The van der Waals surface area contributed by atoms with Gasteiger partial charge in [-0.3, -0.25) is 38.4 Å². The second-order valence-corrected chi connectivity index (χ2v) is 25.7. The number of rotatable bonds is 25. The van der Waals surface area contributed by atoms with Crippen molar-refractivity contribution in [2.75, 3.05) is 124 Å². The van der Waals surface area contributed by atoms with Gasteiger partial charge >= 0.3 is 29.8 Å². The minimum absolute atomic E-state index is 0.00773. The van der Waals surface area contributed by atoms with E-state index in [0.717, 1.165) is 50.0 Å². The van der Waals surface area contributed by atoms with E-state index in [1.165, 1.54) is 125 Å². The number of hydrogen-bond donors (Lipinski definition) is 23. The number of carboxylic acid groups (broad SMARTS) is 5.